The van der Waals surface area contributed by atoms with Gasteiger partial charge in [-0.2, -0.15) is 0 Å². The molecular weight excluding hydrogens is 633 g/mol. The van der Waals surface area contributed by atoms with E-state index in [1.54, 1.807) is 18.9 Å². The Kier molecular flexibility index (Phi) is 11.7. The quantitative estimate of drug-likeness (QED) is 0.115. The molecule has 4 atom stereocenters. The van der Waals surface area contributed by atoms with Crippen LogP contribution in [0.15, 0.2) is 132 Å². The van der Waals surface area contributed by atoms with Crippen molar-refractivity contribution in [2.75, 3.05) is 12.9 Å². The number of aliphatic hydroxyl groups excluding tert-OH is 1. The predicted octanol–water partition coefficient (Wildman–Crippen LogP) is 8.44. The summed E-state index contributed by atoms with van der Waals surface area (Å²) in [5.74, 6) is 1.64. The predicted molar refractivity (Wildman–Crippen MR) is 194 cm³/mol. The standard InChI is InChI=1S/C41H42N2O5S/c1-28-37(27-49-38-15-9-8-14-36(38)46-2)47-40(48-39(28)32-18-16-30(26-44)17-19-32)33-22-20-31(21-23-33)35-13-7-6-12-34(35)25-43-41(45)42-24-29-10-4-3-5-11-29/h3-23,28,37,39-40,44H,24-27H2,1-2H3,(H2,42,43,45). The van der Waals surface area contributed by atoms with E-state index in [0.717, 1.165) is 55.3 Å². The van der Waals surface area contributed by atoms with Gasteiger partial charge < -0.3 is 30.0 Å². The van der Waals surface area contributed by atoms with Gasteiger partial charge in [-0.15, -0.1) is 11.8 Å². The van der Waals surface area contributed by atoms with E-state index in [4.69, 9.17) is 14.2 Å². The van der Waals surface area contributed by atoms with Gasteiger partial charge in [0.1, 0.15) is 5.75 Å². The smallest absolute Gasteiger partial charge is 0.315 e. The monoisotopic (exact) mass is 674 g/mol. The Bertz CT molecular complexity index is 1800. The van der Waals surface area contributed by atoms with Gasteiger partial charge in [0.2, 0.25) is 0 Å². The molecule has 0 saturated carbocycles. The summed E-state index contributed by atoms with van der Waals surface area (Å²) in [7, 11) is 1.69. The lowest BCUT2D eigenvalue weighted by molar-refractivity contribution is -0.268. The van der Waals surface area contributed by atoms with Gasteiger partial charge in [-0.25, -0.2) is 4.79 Å². The van der Waals surface area contributed by atoms with Crippen molar-refractivity contribution < 1.29 is 24.1 Å². The fourth-order valence-corrected chi connectivity index (χ4v) is 7.21. The van der Waals surface area contributed by atoms with Crippen molar-refractivity contribution in [1.82, 2.24) is 10.6 Å². The lowest BCUT2D eigenvalue weighted by atomic mass is 9.91. The number of amides is 2. The van der Waals surface area contributed by atoms with Crippen molar-refractivity contribution in [3.63, 3.8) is 0 Å². The normalized spacial score (nSPS) is 18.8. The third-order valence-corrected chi connectivity index (χ3v) is 9.99. The summed E-state index contributed by atoms with van der Waals surface area (Å²) in [5, 5.41) is 15.5. The van der Waals surface area contributed by atoms with E-state index in [0.29, 0.717) is 13.1 Å². The van der Waals surface area contributed by atoms with Crippen LogP contribution in [0.3, 0.4) is 0 Å². The number of ether oxygens (including phenoxy) is 3. The Morgan fingerprint density at radius 1 is 0.755 bits per heavy atom. The minimum Gasteiger partial charge on any atom is -0.496 e. The van der Waals surface area contributed by atoms with Gasteiger partial charge in [0.15, 0.2) is 6.29 Å². The molecule has 2 amide bonds. The third kappa shape index (κ3) is 8.71. The van der Waals surface area contributed by atoms with Gasteiger partial charge in [0.25, 0.3) is 0 Å². The van der Waals surface area contributed by atoms with Crippen LogP contribution in [0.4, 0.5) is 4.79 Å². The first-order valence-corrected chi connectivity index (χ1v) is 17.5. The molecule has 6 rings (SSSR count). The first-order chi connectivity index (χ1) is 24.0. The number of hydrogen-bond acceptors (Lipinski definition) is 6. The summed E-state index contributed by atoms with van der Waals surface area (Å²) >= 11 is 1.72. The number of thioether (sulfide) groups is 1. The number of carbonyl (C=O) groups is 1. The second kappa shape index (κ2) is 16.7. The summed E-state index contributed by atoms with van der Waals surface area (Å²) < 4.78 is 19.0. The molecule has 1 aliphatic heterocycles. The number of carbonyl (C=O) groups excluding carboxylic acids is 1. The molecule has 252 valence electrons. The molecular formula is C41H42N2O5S. The highest BCUT2D eigenvalue weighted by Crippen LogP contribution is 2.44. The van der Waals surface area contributed by atoms with E-state index in [2.05, 4.69) is 54.0 Å². The Morgan fingerprint density at radius 3 is 2.18 bits per heavy atom. The maximum absolute atomic E-state index is 12.6. The summed E-state index contributed by atoms with van der Waals surface area (Å²) in [6.07, 6.45) is -0.869. The highest BCUT2D eigenvalue weighted by molar-refractivity contribution is 7.99. The van der Waals surface area contributed by atoms with Crippen molar-refractivity contribution in [1.29, 1.82) is 0 Å². The minimum absolute atomic E-state index is 0.00172. The van der Waals surface area contributed by atoms with E-state index >= 15 is 0 Å². The largest absolute Gasteiger partial charge is 0.496 e. The summed E-state index contributed by atoms with van der Waals surface area (Å²) in [4.78, 5) is 13.6. The van der Waals surface area contributed by atoms with Crippen molar-refractivity contribution in [3.8, 4) is 16.9 Å². The Balaban J connectivity index is 1.17. The number of hydrogen-bond donors (Lipinski definition) is 3. The third-order valence-electron chi connectivity index (χ3n) is 8.84. The van der Waals surface area contributed by atoms with Gasteiger partial charge >= 0.3 is 6.03 Å². The number of urea groups is 1. The first kappa shape index (κ1) is 34.3. The van der Waals surface area contributed by atoms with Crippen molar-refractivity contribution >= 4 is 17.8 Å². The summed E-state index contributed by atoms with van der Waals surface area (Å²) in [6.45, 7) is 3.03. The Hall–Kier alpha value is -4.60. The van der Waals surface area contributed by atoms with Crippen LogP contribution in [0.5, 0.6) is 5.75 Å². The molecule has 1 aliphatic rings. The van der Waals surface area contributed by atoms with E-state index in [1.807, 2.05) is 91.0 Å². The molecule has 1 heterocycles. The maximum Gasteiger partial charge on any atom is 0.315 e. The number of nitrogens with one attached hydrogen (secondary N) is 2. The fraction of sp³-hybridized carbons (Fsp3) is 0.244. The summed E-state index contributed by atoms with van der Waals surface area (Å²) in [6, 6.07) is 42.0. The van der Waals surface area contributed by atoms with Crippen LogP contribution in [-0.2, 0) is 29.2 Å². The fourth-order valence-electron chi connectivity index (χ4n) is 6.01. The van der Waals surface area contributed by atoms with Crippen molar-refractivity contribution in [3.05, 3.63) is 155 Å². The molecule has 5 aromatic rings. The molecule has 3 N–H and O–H groups in total. The van der Waals surface area contributed by atoms with Crippen molar-refractivity contribution in [2.24, 2.45) is 5.92 Å². The number of methoxy groups -OCH3 is 1. The van der Waals surface area contributed by atoms with Gasteiger partial charge in [0, 0.05) is 35.2 Å². The van der Waals surface area contributed by atoms with E-state index in [-0.39, 0.29) is 30.8 Å². The van der Waals surface area contributed by atoms with Crippen LogP contribution < -0.4 is 15.4 Å². The molecule has 0 radical (unpaired) electrons. The second-order valence-corrected chi connectivity index (χ2v) is 13.1. The van der Waals surface area contributed by atoms with Gasteiger partial charge in [-0.05, 0) is 45.5 Å². The number of para-hydroxylation sites is 1. The number of benzene rings is 5. The van der Waals surface area contributed by atoms with Gasteiger partial charge in [0.05, 0.1) is 25.9 Å². The van der Waals surface area contributed by atoms with Crippen LogP contribution in [-0.4, -0.2) is 30.1 Å². The molecule has 0 aliphatic carbocycles. The zero-order valence-electron chi connectivity index (χ0n) is 27.8. The second-order valence-electron chi connectivity index (χ2n) is 12.1. The molecule has 7 nitrogen and oxygen atoms in total. The Morgan fingerprint density at radius 2 is 1.43 bits per heavy atom. The van der Waals surface area contributed by atoms with Crippen LogP contribution in [0, 0.1) is 5.92 Å². The minimum atomic E-state index is -0.568. The molecule has 0 spiro atoms. The average Bonchev–Trinajstić information content (AvgIpc) is 3.16. The highest BCUT2D eigenvalue weighted by Gasteiger charge is 2.38. The van der Waals surface area contributed by atoms with Crippen LogP contribution in [0.2, 0.25) is 0 Å². The molecule has 5 aromatic carbocycles. The maximum atomic E-state index is 12.6. The molecule has 1 fully saturated rings. The van der Waals surface area contributed by atoms with Crippen molar-refractivity contribution in [2.45, 2.75) is 50.0 Å². The van der Waals surface area contributed by atoms with Crippen LogP contribution in [0.25, 0.3) is 11.1 Å². The molecule has 49 heavy (non-hydrogen) atoms. The number of aliphatic hydroxyl groups is 1. The highest BCUT2D eigenvalue weighted by atomic mass is 32.2. The van der Waals surface area contributed by atoms with Gasteiger partial charge in [-0.1, -0.05) is 122 Å². The lowest BCUT2D eigenvalue weighted by Crippen LogP contribution is -2.38. The zero-order valence-corrected chi connectivity index (χ0v) is 28.6. The molecule has 0 aromatic heterocycles. The molecule has 0 bridgehead atoms. The van der Waals surface area contributed by atoms with Crippen LogP contribution >= 0.6 is 11.8 Å². The lowest BCUT2D eigenvalue weighted by Gasteiger charge is -2.41. The van der Waals surface area contributed by atoms with E-state index < -0.39 is 6.29 Å². The zero-order chi connectivity index (χ0) is 34.0. The molecule has 8 heteroatoms. The summed E-state index contributed by atoms with van der Waals surface area (Å²) in [5.41, 5.74) is 6.99. The van der Waals surface area contributed by atoms with Crippen LogP contribution in [0.1, 0.15) is 47.1 Å². The first-order valence-electron chi connectivity index (χ1n) is 16.5. The Labute approximate surface area is 292 Å². The van der Waals surface area contributed by atoms with E-state index in [9.17, 15) is 9.90 Å². The topological polar surface area (TPSA) is 89.1 Å². The van der Waals surface area contributed by atoms with E-state index in [1.165, 1.54) is 0 Å². The molecule has 1 saturated heterocycles. The average molecular weight is 675 g/mol. The SMILES string of the molecule is COc1ccccc1SCC1OC(c2ccc(-c3ccccc3CNC(=O)NCc3ccccc3)cc2)OC(c2ccc(CO)cc2)C1C. The van der Waals surface area contributed by atoms with Gasteiger partial charge in [-0.3, -0.25) is 0 Å². The molecule has 4 unspecified atom stereocenters. The number of rotatable bonds is 12.